The summed E-state index contributed by atoms with van der Waals surface area (Å²) in [5, 5.41) is 3.16. The molecule has 3 rings (SSSR count). The van der Waals surface area contributed by atoms with Crippen molar-refractivity contribution in [1.82, 2.24) is 9.36 Å². The van der Waals surface area contributed by atoms with Gasteiger partial charge in [-0.3, -0.25) is 10.1 Å². The van der Waals surface area contributed by atoms with Crippen LogP contribution in [0.5, 0.6) is 5.75 Å². The molecular weight excluding hydrogens is 402 g/mol. The Hall–Kier alpha value is -2.25. The lowest BCUT2D eigenvalue weighted by atomic mass is 10.1. The van der Waals surface area contributed by atoms with E-state index in [1.54, 1.807) is 0 Å². The number of nitrogens with zero attached hydrogens (tertiary/aromatic N) is 2. The average molecular weight is 418 g/mol. The Morgan fingerprint density at radius 1 is 1.16 bits per heavy atom. The maximum absolute atomic E-state index is 12.0. The van der Waals surface area contributed by atoms with Gasteiger partial charge in [0.05, 0.1) is 0 Å². The summed E-state index contributed by atoms with van der Waals surface area (Å²) in [6, 6.07) is 13.4. The van der Waals surface area contributed by atoms with Gasteiger partial charge in [0.2, 0.25) is 5.13 Å². The minimum absolute atomic E-state index is 0.0737. The highest BCUT2D eigenvalue weighted by Crippen LogP contribution is 2.23. The summed E-state index contributed by atoms with van der Waals surface area (Å²) >= 11 is 4.53. The fraction of sp³-hybridized carbons (Fsp3) is 0.167. The molecule has 1 heterocycles. The zero-order chi connectivity index (χ0) is 17.8. The monoisotopic (exact) mass is 417 g/mol. The molecule has 0 aliphatic rings. The van der Waals surface area contributed by atoms with Crippen molar-refractivity contribution >= 4 is 38.5 Å². The fourth-order valence-corrected chi connectivity index (χ4v) is 2.97. The van der Waals surface area contributed by atoms with Crippen LogP contribution in [0, 0.1) is 13.8 Å². The smallest absolute Gasteiger partial charge is 0.264 e. The number of benzene rings is 2. The number of amides is 1. The highest BCUT2D eigenvalue weighted by molar-refractivity contribution is 9.10. The van der Waals surface area contributed by atoms with Gasteiger partial charge in [-0.1, -0.05) is 34.1 Å². The summed E-state index contributed by atoms with van der Waals surface area (Å²) in [5.41, 5.74) is 3.21. The Bertz CT molecular complexity index is 894. The predicted octanol–water partition coefficient (Wildman–Crippen LogP) is 4.60. The summed E-state index contributed by atoms with van der Waals surface area (Å²) in [5.74, 6) is 0.991. The van der Waals surface area contributed by atoms with Crippen LogP contribution in [0.3, 0.4) is 0 Å². The van der Waals surface area contributed by atoms with E-state index in [-0.39, 0.29) is 12.5 Å². The van der Waals surface area contributed by atoms with Crippen LogP contribution in [0.2, 0.25) is 0 Å². The van der Waals surface area contributed by atoms with Crippen molar-refractivity contribution in [1.29, 1.82) is 0 Å². The van der Waals surface area contributed by atoms with Gasteiger partial charge in [-0.15, -0.1) is 0 Å². The third-order valence-electron chi connectivity index (χ3n) is 3.62. The normalized spacial score (nSPS) is 10.5. The van der Waals surface area contributed by atoms with Crippen molar-refractivity contribution in [2.75, 3.05) is 11.9 Å². The Kier molecular flexibility index (Phi) is 5.45. The predicted molar refractivity (Wildman–Crippen MR) is 103 cm³/mol. The molecule has 7 heteroatoms. The fourth-order valence-electron chi connectivity index (χ4n) is 2.10. The Balaban J connectivity index is 1.58. The molecule has 25 heavy (non-hydrogen) atoms. The molecule has 128 valence electrons. The van der Waals surface area contributed by atoms with E-state index in [2.05, 4.69) is 30.6 Å². The van der Waals surface area contributed by atoms with Crippen LogP contribution < -0.4 is 10.1 Å². The van der Waals surface area contributed by atoms with E-state index < -0.39 is 0 Å². The van der Waals surface area contributed by atoms with E-state index in [0.29, 0.717) is 16.7 Å². The first-order chi connectivity index (χ1) is 12.0. The number of nitrogens with one attached hydrogen (secondary N) is 1. The molecule has 0 aliphatic carbocycles. The Labute approximate surface area is 158 Å². The molecule has 0 atom stereocenters. The summed E-state index contributed by atoms with van der Waals surface area (Å²) in [4.78, 5) is 16.4. The molecule has 2 aromatic carbocycles. The first kappa shape index (κ1) is 17.6. The topological polar surface area (TPSA) is 64.1 Å². The van der Waals surface area contributed by atoms with Crippen molar-refractivity contribution in [2.24, 2.45) is 0 Å². The minimum Gasteiger partial charge on any atom is -0.484 e. The number of aromatic nitrogens is 2. The van der Waals surface area contributed by atoms with E-state index in [1.807, 2.05) is 56.3 Å². The van der Waals surface area contributed by atoms with Crippen molar-refractivity contribution in [3.63, 3.8) is 0 Å². The first-order valence-corrected chi connectivity index (χ1v) is 9.17. The van der Waals surface area contributed by atoms with Crippen molar-refractivity contribution in [2.45, 2.75) is 13.8 Å². The van der Waals surface area contributed by atoms with Gasteiger partial charge in [-0.25, -0.2) is 0 Å². The second-order valence-electron chi connectivity index (χ2n) is 5.51. The van der Waals surface area contributed by atoms with Crippen LogP contribution in [0.15, 0.2) is 46.9 Å². The van der Waals surface area contributed by atoms with E-state index >= 15 is 0 Å². The molecule has 0 unspecified atom stereocenters. The molecule has 1 aromatic heterocycles. The molecule has 5 nitrogen and oxygen atoms in total. The van der Waals surface area contributed by atoms with E-state index in [1.165, 1.54) is 5.56 Å². The first-order valence-electron chi connectivity index (χ1n) is 7.61. The average Bonchev–Trinajstić information content (AvgIpc) is 3.05. The summed E-state index contributed by atoms with van der Waals surface area (Å²) in [7, 11) is 0. The van der Waals surface area contributed by atoms with Gasteiger partial charge in [-0.05, 0) is 49.2 Å². The number of hydrogen-bond acceptors (Lipinski definition) is 5. The van der Waals surface area contributed by atoms with E-state index in [0.717, 1.165) is 27.1 Å². The number of ether oxygens (including phenoxy) is 1. The minimum atomic E-state index is -0.267. The van der Waals surface area contributed by atoms with Crippen LogP contribution >= 0.6 is 27.5 Å². The number of anilines is 1. The van der Waals surface area contributed by atoms with Crippen molar-refractivity contribution < 1.29 is 9.53 Å². The summed E-state index contributed by atoms with van der Waals surface area (Å²) in [6.07, 6.45) is 0. The SMILES string of the molecule is Cc1ccc(OCC(=O)Nc2nc(-c3ccc(Br)cc3)ns2)cc1C. The summed E-state index contributed by atoms with van der Waals surface area (Å²) < 4.78 is 10.8. The standard InChI is InChI=1S/C18H16BrN3O2S/c1-11-3-8-15(9-12(11)2)24-10-16(23)20-18-21-17(22-25-18)13-4-6-14(19)7-5-13/h3-9H,10H2,1-2H3,(H,20,21,22,23). The van der Waals surface area contributed by atoms with Gasteiger partial charge in [-0.2, -0.15) is 9.36 Å². The Morgan fingerprint density at radius 3 is 2.64 bits per heavy atom. The number of carbonyl (C=O) groups is 1. The number of halogens is 1. The molecule has 0 radical (unpaired) electrons. The van der Waals surface area contributed by atoms with Crippen LogP contribution in [0.1, 0.15) is 11.1 Å². The maximum Gasteiger partial charge on any atom is 0.264 e. The number of rotatable bonds is 5. The molecule has 0 saturated heterocycles. The van der Waals surface area contributed by atoms with Gasteiger partial charge in [0.1, 0.15) is 5.75 Å². The highest BCUT2D eigenvalue weighted by Gasteiger charge is 2.10. The Morgan fingerprint density at radius 2 is 1.92 bits per heavy atom. The maximum atomic E-state index is 12.0. The van der Waals surface area contributed by atoms with E-state index in [9.17, 15) is 4.79 Å². The van der Waals surface area contributed by atoms with Gasteiger partial charge in [0.15, 0.2) is 12.4 Å². The van der Waals surface area contributed by atoms with Crippen LogP contribution in [0.25, 0.3) is 11.4 Å². The van der Waals surface area contributed by atoms with Gasteiger partial charge in [0, 0.05) is 21.6 Å². The largest absolute Gasteiger partial charge is 0.484 e. The number of aryl methyl sites for hydroxylation is 2. The quantitative estimate of drug-likeness (QED) is 0.658. The third kappa shape index (κ3) is 4.64. The van der Waals surface area contributed by atoms with Crippen LogP contribution in [-0.4, -0.2) is 21.9 Å². The molecule has 3 aromatic rings. The second-order valence-corrected chi connectivity index (χ2v) is 7.18. The highest BCUT2D eigenvalue weighted by atomic mass is 79.9. The lowest BCUT2D eigenvalue weighted by Crippen LogP contribution is -2.20. The molecule has 1 amide bonds. The molecule has 0 fully saturated rings. The lowest BCUT2D eigenvalue weighted by molar-refractivity contribution is -0.118. The van der Waals surface area contributed by atoms with E-state index in [4.69, 9.17) is 4.74 Å². The molecule has 0 saturated carbocycles. The van der Waals surface area contributed by atoms with Gasteiger partial charge >= 0.3 is 0 Å². The zero-order valence-corrected chi connectivity index (χ0v) is 16.1. The third-order valence-corrected chi connectivity index (χ3v) is 4.78. The number of hydrogen-bond donors (Lipinski definition) is 1. The summed E-state index contributed by atoms with van der Waals surface area (Å²) in [6.45, 7) is 3.97. The molecular formula is C18H16BrN3O2S. The van der Waals surface area contributed by atoms with Crippen LogP contribution in [-0.2, 0) is 4.79 Å². The molecule has 1 N–H and O–H groups in total. The molecule has 0 spiro atoms. The molecule has 0 bridgehead atoms. The zero-order valence-electron chi connectivity index (χ0n) is 13.7. The second kappa shape index (κ2) is 7.76. The molecule has 0 aliphatic heterocycles. The van der Waals surface area contributed by atoms with Gasteiger partial charge < -0.3 is 4.74 Å². The van der Waals surface area contributed by atoms with Gasteiger partial charge in [0.25, 0.3) is 5.91 Å². The van der Waals surface area contributed by atoms with Crippen molar-refractivity contribution in [3.8, 4) is 17.1 Å². The number of carbonyl (C=O) groups excluding carboxylic acids is 1. The van der Waals surface area contributed by atoms with Crippen molar-refractivity contribution in [3.05, 3.63) is 58.1 Å². The van der Waals surface area contributed by atoms with Crippen LogP contribution in [0.4, 0.5) is 5.13 Å². The lowest BCUT2D eigenvalue weighted by Gasteiger charge is -2.07.